The summed E-state index contributed by atoms with van der Waals surface area (Å²) < 4.78 is 51.4. The molecule has 1 heterocycles. The average molecular weight is 475 g/mol. The quantitative estimate of drug-likeness (QED) is 0.474. The summed E-state index contributed by atoms with van der Waals surface area (Å²) in [7, 11) is -4.03. The van der Waals surface area contributed by atoms with Crippen LogP contribution < -0.4 is 10.0 Å². The van der Waals surface area contributed by atoms with Crippen LogP contribution in [0, 0.1) is 19.7 Å². The van der Waals surface area contributed by atoms with Gasteiger partial charge in [0.15, 0.2) is 11.9 Å². The minimum atomic E-state index is -4.03. The Bertz CT molecular complexity index is 1270. The first-order valence-corrected chi connectivity index (χ1v) is 11.4. The van der Waals surface area contributed by atoms with E-state index in [1.807, 2.05) is 0 Å². The van der Waals surface area contributed by atoms with Crippen LogP contribution in [0.5, 0.6) is 0 Å². The van der Waals surface area contributed by atoms with Crippen LogP contribution in [0.25, 0.3) is 0 Å². The van der Waals surface area contributed by atoms with Gasteiger partial charge in [-0.2, -0.15) is 0 Å². The number of esters is 1. The first-order chi connectivity index (χ1) is 15.6. The SMILES string of the molecule is CCC(OC(=O)c1ccc(NS(=O)(=O)c2cccc(F)c2C)cc1)C(=O)Nc1cc(C)on1. The monoisotopic (exact) mass is 475 g/mol. The molecule has 0 aliphatic carbocycles. The number of sulfonamides is 1. The number of anilines is 2. The van der Waals surface area contributed by atoms with Crippen molar-refractivity contribution in [2.24, 2.45) is 0 Å². The van der Waals surface area contributed by atoms with E-state index in [0.29, 0.717) is 5.76 Å². The molecule has 0 saturated carbocycles. The zero-order valence-electron chi connectivity index (χ0n) is 18.1. The van der Waals surface area contributed by atoms with E-state index in [0.717, 1.165) is 0 Å². The number of benzene rings is 2. The standard InChI is InChI=1S/C22H22FN3O6S/c1-4-18(21(27)24-20-12-13(2)32-25-20)31-22(28)15-8-10-16(11-9-15)26-33(29,30)19-7-5-6-17(23)14(19)3/h5-12,18,26H,4H2,1-3H3,(H,24,25,27). The highest BCUT2D eigenvalue weighted by Gasteiger charge is 2.23. The molecule has 0 radical (unpaired) electrons. The minimum absolute atomic E-state index is 0.00476. The second kappa shape index (κ2) is 9.82. The molecule has 174 valence electrons. The van der Waals surface area contributed by atoms with Crippen LogP contribution in [0.15, 0.2) is 57.9 Å². The predicted molar refractivity (Wildman–Crippen MR) is 118 cm³/mol. The molecule has 1 amide bonds. The van der Waals surface area contributed by atoms with E-state index in [2.05, 4.69) is 15.2 Å². The van der Waals surface area contributed by atoms with Crippen molar-refractivity contribution in [1.29, 1.82) is 0 Å². The average Bonchev–Trinajstić information content (AvgIpc) is 3.18. The number of nitrogens with zero attached hydrogens (tertiary/aromatic N) is 1. The molecule has 9 nitrogen and oxygen atoms in total. The molecule has 2 N–H and O–H groups in total. The zero-order chi connectivity index (χ0) is 24.2. The smallest absolute Gasteiger partial charge is 0.338 e. The number of aromatic nitrogens is 1. The van der Waals surface area contributed by atoms with E-state index >= 15 is 0 Å². The van der Waals surface area contributed by atoms with Gasteiger partial charge >= 0.3 is 5.97 Å². The molecule has 0 saturated heterocycles. The third kappa shape index (κ3) is 5.75. The summed E-state index contributed by atoms with van der Waals surface area (Å²) in [6, 6.07) is 10.7. The van der Waals surface area contributed by atoms with Crippen molar-refractivity contribution in [1.82, 2.24) is 5.16 Å². The predicted octanol–water partition coefficient (Wildman–Crippen LogP) is 3.81. The van der Waals surface area contributed by atoms with Gasteiger partial charge in [0.2, 0.25) is 0 Å². The van der Waals surface area contributed by atoms with Gasteiger partial charge < -0.3 is 14.6 Å². The Morgan fingerprint density at radius 1 is 1.15 bits per heavy atom. The van der Waals surface area contributed by atoms with Gasteiger partial charge in [0.1, 0.15) is 11.6 Å². The van der Waals surface area contributed by atoms with E-state index in [1.54, 1.807) is 13.8 Å². The number of carbonyl (C=O) groups is 2. The number of aryl methyl sites for hydroxylation is 1. The van der Waals surface area contributed by atoms with Gasteiger partial charge in [-0.25, -0.2) is 17.6 Å². The number of ether oxygens (including phenoxy) is 1. The number of rotatable bonds is 8. The number of carbonyl (C=O) groups excluding carboxylic acids is 2. The van der Waals surface area contributed by atoms with Crippen molar-refractivity contribution in [3.63, 3.8) is 0 Å². The molecule has 0 aliphatic rings. The molecule has 1 unspecified atom stereocenters. The van der Waals surface area contributed by atoms with Crippen molar-refractivity contribution >= 4 is 33.4 Å². The third-order valence-corrected chi connectivity index (χ3v) is 6.20. The highest BCUT2D eigenvalue weighted by Crippen LogP contribution is 2.22. The fourth-order valence-electron chi connectivity index (χ4n) is 2.91. The Kier molecular flexibility index (Phi) is 7.12. The number of halogens is 1. The summed E-state index contributed by atoms with van der Waals surface area (Å²) in [6.45, 7) is 4.72. The fraction of sp³-hybridized carbons (Fsp3) is 0.227. The maximum absolute atomic E-state index is 13.7. The Morgan fingerprint density at radius 2 is 1.85 bits per heavy atom. The highest BCUT2D eigenvalue weighted by atomic mass is 32.2. The molecular weight excluding hydrogens is 453 g/mol. The third-order valence-electron chi connectivity index (χ3n) is 4.67. The first-order valence-electron chi connectivity index (χ1n) is 9.94. The number of hydrogen-bond acceptors (Lipinski definition) is 7. The van der Waals surface area contributed by atoms with Crippen molar-refractivity contribution < 1.29 is 31.7 Å². The molecular formula is C22H22FN3O6S. The van der Waals surface area contributed by atoms with E-state index < -0.39 is 33.8 Å². The topological polar surface area (TPSA) is 128 Å². The van der Waals surface area contributed by atoms with Gasteiger partial charge in [0.25, 0.3) is 15.9 Å². The van der Waals surface area contributed by atoms with Gasteiger partial charge in [0, 0.05) is 17.3 Å². The Labute approximate surface area is 190 Å². The molecule has 11 heteroatoms. The largest absolute Gasteiger partial charge is 0.449 e. The number of hydrogen-bond donors (Lipinski definition) is 2. The summed E-state index contributed by atoms with van der Waals surface area (Å²) in [5.74, 6) is -1.24. The van der Waals surface area contributed by atoms with Crippen molar-refractivity contribution in [2.75, 3.05) is 10.0 Å². The zero-order valence-corrected chi connectivity index (χ0v) is 18.9. The van der Waals surface area contributed by atoms with E-state index in [4.69, 9.17) is 9.26 Å². The molecule has 1 aromatic heterocycles. The summed E-state index contributed by atoms with van der Waals surface area (Å²) in [5, 5.41) is 6.16. The second-order valence-corrected chi connectivity index (χ2v) is 8.81. The molecule has 33 heavy (non-hydrogen) atoms. The lowest BCUT2D eigenvalue weighted by Gasteiger charge is -2.15. The van der Waals surface area contributed by atoms with Crippen LogP contribution >= 0.6 is 0 Å². The minimum Gasteiger partial charge on any atom is -0.449 e. The normalized spacial score (nSPS) is 12.1. The fourth-order valence-corrected chi connectivity index (χ4v) is 4.23. The second-order valence-electron chi connectivity index (χ2n) is 7.16. The molecule has 0 aliphatic heterocycles. The number of amides is 1. The van der Waals surface area contributed by atoms with Gasteiger partial charge in [-0.3, -0.25) is 9.52 Å². The molecule has 2 aromatic carbocycles. The Balaban J connectivity index is 1.66. The van der Waals surface area contributed by atoms with Crippen molar-refractivity contribution in [2.45, 2.75) is 38.2 Å². The number of nitrogens with one attached hydrogen (secondary N) is 2. The van der Waals surface area contributed by atoms with Crippen LogP contribution in [0.3, 0.4) is 0 Å². The van der Waals surface area contributed by atoms with Gasteiger partial charge in [-0.15, -0.1) is 0 Å². The summed E-state index contributed by atoms with van der Waals surface area (Å²) in [5.41, 5.74) is 0.277. The lowest BCUT2D eigenvalue weighted by molar-refractivity contribution is -0.124. The van der Waals surface area contributed by atoms with Crippen molar-refractivity contribution in [3.05, 3.63) is 71.2 Å². The maximum atomic E-state index is 13.7. The molecule has 3 rings (SSSR count). The van der Waals surface area contributed by atoms with E-state index in [1.165, 1.54) is 55.5 Å². The van der Waals surface area contributed by atoms with Crippen LogP contribution in [0.1, 0.15) is 35.0 Å². The molecule has 0 spiro atoms. The van der Waals surface area contributed by atoms with E-state index in [9.17, 15) is 22.4 Å². The van der Waals surface area contributed by atoms with Crippen LogP contribution in [-0.2, 0) is 19.6 Å². The van der Waals surface area contributed by atoms with Gasteiger partial charge in [-0.05, 0) is 56.7 Å². The Hall–Kier alpha value is -3.73. The van der Waals surface area contributed by atoms with Crippen LogP contribution in [0.4, 0.5) is 15.9 Å². The maximum Gasteiger partial charge on any atom is 0.338 e. The summed E-state index contributed by atoms with van der Waals surface area (Å²) in [4.78, 5) is 24.6. The Morgan fingerprint density at radius 3 is 2.45 bits per heavy atom. The highest BCUT2D eigenvalue weighted by molar-refractivity contribution is 7.92. The molecule has 0 fully saturated rings. The first kappa shape index (κ1) is 23.9. The lowest BCUT2D eigenvalue weighted by atomic mass is 10.2. The summed E-state index contributed by atoms with van der Waals surface area (Å²) >= 11 is 0. The summed E-state index contributed by atoms with van der Waals surface area (Å²) in [6.07, 6.45) is -0.845. The van der Waals surface area contributed by atoms with Gasteiger partial charge in [-0.1, -0.05) is 18.1 Å². The molecule has 3 aromatic rings. The van der Waals surface area contributed by atoms with Gasteiger partial charge in [0.05, 0.1) is 10.5 Å². The van der Waals surface area contributed by atoms with Crippen LogP contribution in [-0.4, -0.2) is 31.6 Å². The molecule has 1 atom stereocenters. The van der Waals surface area contributed by atoms with E-state index in [-0.39, 0.29) is 33.9 Å². The van der Waals surface area contributed by atoms with Crippen molar-refractivity contribution in [3.8, 4) is 0 Å². The molecule has 0 bridgehead atoms. The lowest BCUT2D eigenvalue weighted by Crippen LogP contribution is -2.32. The van der Waals surface area contributed by atoms with Crippen LogP contribution in [0.2, 0.25) is 0 Å².